The van der Waals surface area contributed by atoms with E-state index in [2.05, 4.69) is 4.98 Å². The molecule has 1 aromatic heterocycles. The Morgan fingerprint density at radius 1 is 1.06 bits per heavy atom. The number of alkyl halides is 3. The monoisotopic (exact) mass is 257 g/mol. The summed E-state index contributed by atoms with van der Waals surface area (Å²) in [4.78, 5) is 3.80. The Balaban J connectivity index is 2.67. The van der Waals surface area contributed by atoms with Crippen LogP contribution >= 0.6 is 11.6 Å². The van der Waals surface area contributed by atoms with Crippen LogP contribution in [-0.4, -0.2) is 4.98 Å². The number of pyridine rings is 1. The van der Waals surface area contributed by atoms with Crippen molar-refractivity contribution in [3.8, 4) is 11.1 Å². The van der Waals surface area contributed by atoms with Gasteiger partial charge in [0.2, 0.25) is 0 Å². The first-order valence-corrected chi connectivity index (χ1v) is 5.14. The lowest BCUT2D eigenvalue weighted by atomic mass is 10.0. The third-order valence-electron chi connectivity index (χ3n) is 2.27. The molecule has 88 valence electrons. The van der Waals surface area contributed by atoms with Crippen LogP contribution in [0, 0.1) is 0 Å². The molecule has 1 nitrogen and oxygen atoms in total. The van der Waals surface area contributed by atoms with Gasteiger partial charge in [0.05, 0.1) is 10.6 Å². The van der Waals surface area contributed by atoms with Crippen molar-refractivity contribution in [1.82, 2.24) is 4.98 Å². The van der Waals surface area contributed by atoms with Gasteiger partial charge in [-0.3, -0.25) is 4.98 Å². The van der Waals surface area contributed by atoms with Crippen LogP contribution in [0.2, 0.25) is 5.02 Å². The van der Waals surface area contributed by atoms with Gasteiger partial charge in [0.25, 0.3) is 0 Å². The molecule has 0 saturated carbocycles. The molecule has 0 saturated heterocycles. The van der Waals surface area contributed by atoms with Gasteiger partial charge >= 0.3 is 6.18 Å². The molecule has 2 rings (SSSR count). The first-order chi connectivity index (χ1) is 8.00. The molecule has 17 heavy (non-hydrogen) atoms. The van der Waals surface area contributed by atoms with E-state index in [4.69, 9.17) is 11.6 Å². The summed E-state index contributed by atoms with van der Waals surface area (Å²) < 4.78 is 38.7. The van der Waals surface area contributed by atoms with E-state index in [1.807, 2.05) is 0 Å². The number of halogens is 4. The molecular weight excluding hydrogens is 251 g/mol. The maximum Gasteiger partial charge on any atom is 0.418 e. The van der Waals surface area contributed by atoms with E-state index in [0.29, 0.717) is 5.56 Å². The summed E-state index contributed by atoms with van der Waals surface area (Å²) in [7, 11) is 0. The van der Waals surface area contributed by atoms with Gasteiger partial charge in [-0.2, -0.15) is 13.2 Å². The highest BCUT2D eigenvalue weighted by molar-refractivity contribution is 6.31. The summed E-state index contributed by atoms with van der Waals surface area (Å²) in [5.41, 5.74) is -0.393. The van der Waals surface area contributed by atoms with Crippen molar-refractivity contribution in [3.05, 3.63) is 53.3 Å². The fraction of sp³-hybridized carbons (Fsp3) is 0.0833. The highest BCUT2D eigenvalue weighted by Gasteiger charge is 2.36. The van der Waals surface area contributed by atoms with E-state index in [-0.39, 0.29) is 10.6 Å². The zero-order valence-corrected chi connectivity index (χ0v) is 9.26. The minimum atomic E-state index is -4.48. The van der Waals surface area contributed by atoms with Crippen molar-refractivity contribution < 1.29 is 13.2 Å². The van der Waals surface area contributed by atoms with Crippen LogP contribution in [0.1, 0.15) is 5.56 Å². The van der Waals surface area contributed by atoms with Gasteiger partial charge in [0, 0.05) is 18.0 Å². The number of benzene rings is 1. The third-order valence-corrected chi connectivity index (χ3v) is 2.58. The van der Waals surface area contributed by atoms with Crippen molar-refractivity contribution in [2.24, 2.45) is 0 Å². The lowest BCUT2D eigenvalue weighted by Crippen LogP contribution is -2.08. The Bertz CT molecular complexity index is 523. The van der Waals surface area contributed by atoms with E-state index < -0.39 is 11.7 Å². The third kappa shape index (κ3) is 2.42. The van der Waals surface area contributed by atoms with Crippen molar-refractivity contribution in [2.75, 3.05) is 0 Å². The van der Waals surface area contributed by atoms with Crippen molar-refractivity contribution in [2.45, 2.75) is 6.18 Å². The predicted octanol–water partition coefficient (Wildman–Crippen LogP) is 4.42. The summed E-state index contributed by atoms with van der Waals surface area (Å²) in [6, 6.07) is 7.24. The molecule has 2 aromatic rings. The molecule has 0 unspecified atom stereocenters. The normalized spacial score (nSPS) is 11.5. The van der Waals surface area contributed by atoms with Gasteiger partial charge in [-0.15, -0.1) is 0 Å². The molecule has 1 heterocycles. The molecule has 5 heteroatoms. The Kier molecular flexibility index (Phi) is 3.07. The zero-order valence-electron chi connectivity index (χ0n) is 8.50. The molecule has 0 bridgehead atoms. The van der Waals surface area contributed by atoms with Gasteiger partial charge in [0.15, 0.2) is 0 Å². The lowest BCUT2D eigenvalue weighted by Gasteiger charge is -2.14. The first-order valence-electron chi connectivity index (χ1n) is 4.76. The molecular formula is C12H7ClF3N. The molecule has 0 aliphatic carbocycles. The molecule has 0 N–H and O–H groups in total. The Morgan fingerprint density at radius 2 is 1.82 bits per heavy atom. The second-order valence-corrected chi connectivity index (χ2v) is 3.81. The molecule has 1 aromatic carbocycles. The van der Waals surface area contributed by atoms with Crippen molar-refractivity contribution in [1.29, 1.82) is 0 Å². The van der Waals surface area contributed by atoms with Crippen molar-refractivity contribution in [3.63, 3.8) is 0 Å². The molecule has 0 aliphatic heterocycles. The molecule has 0 fully saturated rings. The van der Waals surface area contributed by atoms with E-state index in [9.17, 15) is 13.2 Å². The fourth-order valence-corrected chi connectivity index (χ4v) is 1.86. The largest absolute Gasteiger partial charge is 0.418 e. The van der Waals surface area contributed by atoms with E-state index >= 15 is 0 Å². The highest BCUT2D eigenvalue weighted by atomic mass is 35.5. The van der Waals surface area contributed by atoms with Crippen LogP contribution in [0.15, 0.2) is 42.7 Å². The Labute approximate surface area is 101 Å². The number of aromatic nitrogens is 1. The maximum atomic E-state index is 12.9. The quantitative estimate of drug-likeness (QED) is 0.737. The standard InChI is InChI=1S/C12H7ClF3N/c13-10-5-1-4-9(11(10)12(14,15)16)8-3-2-6-17-7-8/h1-7H. The van der Waals surface area contributed by atoms with Gasteiger partial charge in [-0.05, 0) is 17.7 Å². The minimum absolute atomic E-state index is 0.0399. The summed E-state index contributed by atoms with van der Waals surface area (Å²) >= 11 is 5.62. The van der Waals surface area contributed by atoms with Gasteiger partial charge in [0.1, 0.15) is 0 Å². The molecule has 0 aliphatic rings. The number of hydrogen-bond acceptors (Lipinski definition) is 1. The first kappa shape index (κ1) is 11.9. The Morgan fingerprint density at radius 3 is 2.41 bits per heavy atom. The van der Waals surface area contributed by atoms with Crippen LogP contribution in [0.5, 0.6) is 0 Å². The average Bonchev–Trinajstić information content (AvgIpc) is 2.28. The Hall–Kier alpha value is -1.55. The SMILES string of the molecule is FC(F)(F)c1c(Cl)cccc1-c1cccnc1. The van der Waals surface area contributed by atoms with E-state index in [1.54, 1.807) is 12.1 Å². The highest BCUT2D eigenvalue weighted by Crippen LogP contribution is 2.41. The second kappa shape index (κ2) is 4.37. The lowest BCUT2D eigenvalue weighted by molar-refractivity contribution is -0.137. The average molecular weight is 258 g/mol. The maximum absolute atomic E-state index is 12.9. The summed E-state index contributed by atoms with van der Waals surface area (Å²) in [6.07, 6.45) is -1.61. The smallest absolute Gasteiger partial charge is 0.264 e. The molecule has 0 spiro atoms. The number of nitrogens with zero attached hydrogens (tertiary/aromatic N) is 1. The van der Waals surface area contributed by atoms with Crippen LogP contribution < -0.4 is 0 Å². The van der Waals surface area contributed by atoms with Crippen LogP contribution in [0.3, 0.4) is 0 Å². The van der Waals surface area contributed by atoms with E-state index in [1.165, 1.54) is 30.6 Å². The van der Waals surface area contributed by atoms with Crippen LogP contribution in [-0.2, 0) is 6.18 Å². The van der Waals surface area contributed by atoms with Crippen LogP contribution in [0.25, 0.3) is 11.1 Å². The van der Waals surface area contributed by atoms with Crippen molar-refractivity contribution >= 4 is 11.6 Å². The van der Waals surface area contributed by atoms with E-state index in [0.717, 1.165) is 0 Å². The minimum Gasteiger partial charge on any atom is -0.264 e. The molecule has 0 atom stereocenters. The van der Waals surface area contributed by atoms with Gasteiger partial charge in [-0.1, -0.05) is 29.8 Å². The summed E-state index contributed by atoms with van der Waals surface area (Å²) in [6.45, 7) is 0. The number of rotatable bonds is 1. The summed E-state index contributed by atoms with van der Waals surface area (Å²) in [5.74, 6) is 0. The van der Waals surface area contributed by atoms with Crippen LogP contribution in [0.4, 0.5) is 13.2 Å². The summed E-state index contributed by atoms with van der Waals surface area (Å²) in [5, 5.41) is -0.307. The zero-order chi connectivity index (χ0) is 12.5. The molecule has 0 radical (unpaired) electrons. The molecule has 0 amide bonds. The fourth-order valence-electron chi connectivity index (χ4n) is 1.57. The topological polar surface area (TPSA) is 12.9 Å². The van der Waals surface area contributed by atoms with Gasteiger partial charge < -0.3 is 0 Å². The number of hydrogen-bond donors (Lipinski definition) is 0. The predicted molar refractivity (Wildman–Crippen MR) is 59.7 cm³/mol. The second-order valence-electron chi connectivity index (χ2n) is 3.40. The van der Waals surface area contributed by atoms with Gasteiger partial charge in [-0.25, -0.2) is 0 Å².